The van der Waals surface area contributed by atoms with Gasteiger partial charge in [-0.3, -0.25) is 14.5 Å². The van der Waals surface area contributed by atoms with Gasteiger partial charge >= 0.3 is 0 Å². The number of hydrogen-bond acceptors (Lipinski definition) is 3. The van der Waals surface area contributed by atoms with Crippen LogP contribution in [0.2, 0.25) is 0 Å². The van der Waals surface area contributed by atoms with Crippen LogP contribution in [0.15, 0.2) is 24.3 Å². The lowest BCUT2D eigenvalue weighted by atomic mass is 9.89. The largest absolute Gasteiger partial charge is 0.353 e. The maximum Gasteiger partial charge on any atom is 0.256 e. The van der Waals surface area contributed by atoms with Gasteiger partial charge in [-0.25, -0.2) is 4.39 Å². The average Bonchev–Trinajstić information content (AvgIpc) is 3.31. The van der Waals surface area contributed by atoms with Crippen molar-refractivity contribution in [2.24, 2.45) is 0 Å². The fourth-order valence-corrected chi connectivity index (χ4v) is 4.54. The molecule has 26 heavy (non-hydrogen) atoms. The quantitative estimate of drug-likeness (QED) is 0.815. The minimum absolute atomic E-state index is 0.0135. The zero-order chi connectivity index (χ0) is 18.1. The van der Waals surface area contributed by atoms with E-state index >= 15 is 0 Å². The van der Waals surface area contributed by atoms with Gasteiger partial charge in [-0.05, 0) is 62.8 Å². The first-order valence-electron chi connectivity index (χ1n) is 9.63. The topological polar surface area (TPSA) is 49.9 Å². The molecule has 1 aromatic rings. The molecule has 2 aliphatic heterocycles. The van der Waals surface area contributed by atoms with Gasteiger partial charge in [0, 0.05) is 18.7 Å². The maximum absolute atomic E-state index is 13.3. The number of halogens is 1. The van der Waals surface area contributed by atoms with Gasteiger partial charge in [-0.2, -0.15) is 0 Å². The van der Waals surface area contributed by atoms with Crippen molar-refractivity contribution < 1.29 is 18.7 Å². The molecule has 0 bridgehead atoms. The third-order valence-electron chi connectivity index (χ3n) is 5.91. The molecule has 3 aliphatic rings. The zero-order valence-corrected chi connectivity index (χ0v) is 15.0. The van der Waals surface area contributed by atoms with E-state index in [2.05, 4.69) is 0 Å². The Morgan fingerprint density at radius 1 is 1.00 bits per heavy atom. The molecule has 5 nitrogen and oxygen atoms in total. The minimum Gasteiger partial charge on any atom is -0.353 e. The average molecular weight is 360 g/mol. The molecule has 4 rings (SSSR count). The number of carbonyl (C=O) groups is 2. The van der Waals surface area contributed by atoms with E-state index in [1.807, 2.05) is 4.90 Å². The predicted octanol–water partition coefficient (Wildman–Crippen LogP) is 2.95. The van der Waals surface area contributed by atoms with Crippen molar-refractivity contribution in [2.75, 3.05) is 19.7 Å². The number of benzene rings is 1. The first-order chi connectivity index (χ1) is 12.6. The number of hydrogen-bond donors (Lipinski definition) is 0. The summed E-state index contributed by atoms with van der Waals surface area (Å²) in [5.41, 5.74) is -0.287. The molecule has 1 atom stereocenters. The van der Waals surface area contributed by atoms with Crippen LogP contribution in [0.5, 0.6) is 0 Å². The lowest BCUT2D eigenvalue weighted by Gasteiger charge is -2.42. The molecule has 1 spiro atoms. The molecule has 0 N–H and O–H groups in total. The number of rotatable bonds is 2. The van der Waals surface area contributed by atoms with Crippen LogP contribution in [-0.4, -0.2) is 53.1 Å². The Balaban J connectivity index is 1.66. The molecule has 0 aromatic heterocycles. The highest BCUT2D eigenvalue weighted by molar-refractivity contribution is 5.98. The number of nitrogens with zero attached hydrogens (tertiary/aromatic N) is 2. The van der Waals surface area contributed by atoms with E-state index in [0.29, 0.717) is 5.56 Å². The fraction of sp³-hybridized carbons (Fsp3) is 0.600. The summed E-state index contributed by atoms with van der Waals surface area (Å²) in [7, 11) is 0. The standard InChI is InChI=1S/C20H25FN2O3/c21-16-8-6-15(7-9-16)18(24)23-17(19(25)22-12-4-5-13-22)14-26-20(23)10-2-1-3-11-20/h6-9,17H,1-5,10-14H2/t17-/m0/s1. The zero-order valence-electron chi connectivity index (χ0n) is 15.0. The number of carbonyl (C=O) groups excluding carboxylic acids is 2. The second-order valence-electron chi connectivity index (χ2n) is 7.55. The van der Waals surface area contributed by atoms with Crippen molar-refractivity contribution in [1.82, 2.24) is 9.80 Å². The first kappa shape index (κ1) is 17.5. The number of amides is 2. The molecule has 6 heteroatoms. The summed E-state index contributed by atoms with van der Waals surface area (Å²) in [5, 5.41) is 0. The number of ether oxygens (including phenoxy) is 1. The van der Waals surface area contributed by atoms with Crippen molar-refractivity contribution in [2.45, 2.75) is 56.7 Å². The molecular formula is C20H25FN2O3. The van der Waals surface area contributed by atoms with Gasteiger partial charge in [-0.15, -0.1) is 0 Å². The van der Waals surface area contributed by atoms with Crippen LogP contribution in [0.1, 0.15) is 55.3 Å². The minimum atomic E-state index is -0.691. The van der Waals surface area contributed by atoms with Gasteiger partial charge in [0.05, 0.1) is 6.61 Å². The molecule has 1 aliphatic carbocycles. The highest BCUT2D eigenvalue weighted by atomic mass is 19.1. The van der Waals surface area contributed by atoms with Crippen LogP contribution in [0, 0.1) is 5.82 Å². The summed E-state index contributed by atoms with van der Waals surface area (Å²) < 4.78 is 19.4. The second-order valence-corrected chi connectivity index (χ2v) is 7.55. The molecule has 3 fully saturated rings. The third kappa shape index (κ3) is 3.00. The Labute approximate surface area is 153 Å². The summed E-state index contributed by atoms with van der Waals surface area (Å²) in [5.74, 6) is -0.626. The molecular weight excluding hydrogens is 335 g/mol. The lowest BCUT2D eigenvalue weighted by molar-refractivity contribution is -0.136. The highest BCUT2D eigenvalue weighted by Crippen LogP contribution is 2.41. The summed E-state index contributed by atoms with van der Waals surface area (Å²) in [4.78, 5) is 29.9. The van der Waals surface area contributed by atoms with Crippen LogP contribution in [0.4, 0.5) is 4.39 Å². The Kier molecular flexibility index (Phi) is 4.69. The molecule has 2 amide bonds. The lowest BCUT2D eigenvalue weighted by Crippen LogP contribution is -2.56. The van der Waals surface area contributed by atoms with Crippen LogP contribution in [0.3, 0.4) is 0 Å². The normalized spacial score (nSPS) is 25.0. The van der Waals surface area contributed by atoms with E-state index in [9.17, 15) is 14.0 Å². The third-order valence-corrected chi connectivity index (χ3v) is 5.91. The second kappa shape index (κ2) is 6.99. The molecule has 140 valence electrons. The van der Waals surface area contributed by atoms with E-state index < -0.39 is 11.8 Å². The predicted molar refractivity (Wildman–Crippen MR) is 93.9 cm³/mol. The van der Waals surface area contributed by atoms with E-state index in [1.54, 1.807) is 4.90 Å². The van der Waals surface area contributed by atoms with E-state index in [0.717, 1.165) is 58.0 Å². The van der Waals surface area contributed by atoms with Crippen molar-refractivity contribution >= 4 is 11.8 Å². The van der Waals surface area contributed by atoms with Gasteiger partial charge in [-0.1, -0.05) is 6.42 Å². The van der Waals surface area contributed by atoms with Crippen molar-refractivity contribution in [1.29, 1.82) is 0 Å². The molecule has 1 aromatic carbocycles. The smallest absolute Gasteiger partial charge is 0.256 e. The van der Waals surface area contributed by atoms with Gasteiger partial charge < -0.3 is 9.64 Å². The molecule has 1 saturated carbocycles. The molecule has 2 saturated heterocycles. The maximum atomic E-state index is 13.3. The fourth-order valence-electron chi connectivity index (χ4n) is 4.54. The van der Waals surface area contributed by atoms with Crippen LogP contribution in [0.25, 0.3) is 0 Å². The SMILES string of the molecule is O=C([C@@H]1COC2(CCCCC2)N1C(=O)c1ccc(F)cc1)N1CCCC1. The Morgan fingerprint density at radius 2 is 1.65 bits per heavy atom. The Morgan fingerprint density at radius 3 is 2.31 bits per heavy atom. The van der Waals surface area contributed by atoms with Gasteiger partial charge in [0.15, 0.2) is 0 Å². The Hall–Kier alpha value is -1.95. The summed E-state index contributed by atoms with van der Waals surface area (Å²) in [6.07, 6.45) is 6.62. The van der Waals surface area contributed by atoms with Crippen LogP contribution >= 0.6 is 0 Å². The van der Waals surface area contributed by atoms with Crippen molar-refractivity contribution in [3.05, 3.63) is 35.6 Å². The van der Waals surface area contributed by atoms with Crippen LogP contribution < -0.4 is 0 Å². The van der Waals surface area contributed by atoms with Gasteiger partial charge in [0.2, 0.25) is 5.91 Å². The molecule has 0 unspecified atom stereocenters. The first-order valence-corrected chi connectivity index (χ1v) is 9.63. The van der Waals surface area contributed by atoms with E-state index in [1.165, 1.54) is 24.3 Å². The van der Waals surface area contributed by atoms with E-state index in [4.69, 9.17) is 4.74 Å². The summed E-state index contributed by atoms with van der Waals surface area (Å²) in [6, 6.07) is 4.97. The molecule has 2 heterocycles. The highest BCUT2D eigenvalue weighted by Gasteiger charge is 2.53. The van der Waals surface area contributed by atoms with E-state index in [-0.39, 0.29) is 24.2 Å². The van der Waals surface area contributed by atoms with Crippen molar-refractivity contribution in [3.63, 3.8) is 0 Å². The van der Waals surface area contributed by atoms with Crippen LogP contribution in [-0.2, 0) is 9.53 Å². The molecule has 0 radical (unpaired) electrons. The summed E-state index contributed by atoms with van der Waals surface area (Å²) >= 11 is 0. The summed E-state index contributed by atoms with van der Waals surface area (Å²) in [6.45, 7) is 1.75. The van der Waals surface area contributed by atoms with Gasteiger partial charge in [0.25, 0.3) is 5.91 Å². The monoisotopic (exact) mass is 360 g/mol. The Bertz CT molecular complexity index is 679. The number of likely N-dealkylation sites (tertiary alicyclic amines) is 1. The van der Waals surface area contributed by atoms with Crippen molar-refractivity contribution in [3.8, 4) is 0 Å². The van der Waals surface area contributed by atoms with Gasteiger partial charge in [0.1, 0.15) is 17.6 Å².